The van der Waals surface area contributed by atoms with Crippen LogP contribution < -0.4 is 10.1 Å². The van der Waals surface area contributed by atoms with Crippen molar-refractivity contribution in [3.8, 4) is 5.75 Å². The van der Waals surface area contributed by atoms with Crippen LogP contribution in [0.15, 0.2) is 72.9 Å². The normalized spacial score (nSPS) is 10.3. The minimum absolute atomic E-state index is 0.0517. The van der Waals surface area contributed by atoms with Gasteiger partial charge in [-0.2, -0.15) is 0 Å². The van der Waals surface area contributed by atoms with Crippen molar-refractivity contribution in [1.82, 2.24) is 4.98 Å². The zero-order valence-corrected chi connectivity index (χ0v) is 15.9. The van der Waals surface area contributed by atoms with Crippen LogP contribution in [-0.2, 0) is 11.4 Å². The average Bonchev–Trinajstić information content (AvgIpc) is 2.72. The molecule has 0 fully saturated rings. The number of anilines is 1. The lowest BCUT2D eigenvalue weighted by molar-refractivity contribution is -0.116. The lowest BCUT2D eigenvalue weighted by Crippen LogP contribution is -2.15. The van der Waals surface area contributed by atoms with E-state index in [1.807, 2.05) is 30.3 Å². The molecule has 1 heterocycles. The number of nitrogens with zero attached hydrogens (tertiary/aromatic N) is 1. The second kappa shape index (κ2) is 9.67. The molecule has 6 heteroatoms. The van der Waals surface area contributed by atoms with Crippen molar-refractivity contribution in [2.45, 2.75) is 19.4 Å². The maximum absolute atomic E-state index is 12.2. The fraction of sp³-hybridized carbons (Fsp3) is 0.136. The number of amides is 1. The van der Waals surface area contributed by atoms with Crippen LogP contribution in [0.25, 0.3) is 0 Å². The van der Waals surface area contributed by atoms with Gasteiger partial charge in [-0.1, -0.05) is 41.9 Å². The monoisotopic (exact) mass is 394 g/mol. The number of carbonyl (C=O) groups excluding carboxylic acids is 2. The summed E-state index contributed by atoms with van der Waals surface area (Å²) in [5, 5.41) is 3.28. The first-order valence-corrected chi connectivity index (χ1v) is 9.20. The molecular weight excluding hydrogens is 376 g/mol. The van der Waals surface area contributed by atoms with Crippen LogP contribution in [0.5, 0.6) is 5.75 Å². The predicted molar refractivity (Wildman–Crippen MR) is 109 cm³/mol. The molecule has 3 rings (SSSR count). The van der Waals surface area contributed by atoms with E-state index < -0.39 is 0 Å². The van der Waals surface area contributed by atoms with Crippen LogP contribution in [0.4, 0.5) is 5.82 Å². The van der Waals surface area contributed by atoms with Crippen LogP contribution in [0, 0.1) is 0 Å². The number of nitrogens with one attached hydrogen (secondary N) is 1. The Labute approximate surface area is 168 Å². The third kappa shape index (κ3) is 5.66. The highest BCUT2D eigenvalue weighted by Gasteiger charge is 2.12. The van der Waals surface area contributed by atoms with Gasteiger partial charge in [0.05, 0.1) is 0 Å². The molecule has 3 aromatic rings. The van der Waals surface area contributed by atoms with Crippen molar-refractivity contribution in [3.05, 3.63) is 89.1 Å². The van der Waals surface area contributed by atoms with E-state index in [4.69, 9.17) is 16.3 Å². The first kappa shape index (κ1) is 19.6. The molecule has 0 radical (unpaired) electrons. The van der Waals surface area contributed by atoms with E-state index in [1.165, 1.54) is 0 Å². The van der Waals surface area contributed by atoms with Gasteiger partial charge >= 0.3 is 0 Å². The summed E-state index contributed by atoms with van der Waals surface area (Å²) in [7, 11) is 0. The summed E-state index contributed by atoms with van der Waals surface area (Å²) in [4.78, 5) is 28.6. The third-order valence-electron chi connectivity index (χ3n) is 4.01. The van der Waals surface area contributed by atoms with Gasteiger partial charge in [0.1, 0.15) is 6.61 Å². The number of carbonyl (C=O) groups is 2. The molecule has 0 spiro atoms. The topological polar surface area (TPSA) is 68.3 Å². The zero-order chi connectivity index (χ0) is 19.8. The SMILES string of the molecule is O=C(CCC(=O)c1ccc(Cl)cc1)Nc1ncccc1OCc1ccccc1. The number of hydrogen-bond donors (Lipinski definition) is 1. The molecular formula is C22H19ClN2O3. The second-order valence-electron chi connectivity index (χ2n) is 6.10. The van der Waals surface area contributed by atoms with Crippen molar-refractivity contribution in [2.24, 2.45) is 0 Å². The van der Waals surface area contributed by atoms with Gasteiger partial charge in [-0.05, 0) is 42.0 Å². The molecule has 0 aliphatic heterocycles. The number of hydrogen-bond acceptors (Lipinski definition) is 4. The van der Waals surface area contributed by atoms with Crippen molar-refractivity contribution in [2.75, 3.05) is 5.32 Å². The van der Waals surface area contributed by atoms with Gasteiger partial charge in [0, 0.05) is 29.6 Å². The van der Waals surface area contributed by atoms with E-state index in [0.29, 0.717) is 28.8 Å². The lowest BCUT2D eigenvalue weighted by atomic mass is 10.1. The molecule has 142 valence electrons. The summed E-state index contributed by atoms with van der Waals surface area (Å²) < 4.78 is 5.77. The van der Waals surface area contributed by atoms with Crippen LogP contribution in [-0.4, -0.2) is 16.7 Å². The highest BCUT2D eigenvalue weighted by Crippen LogP contribution is 2.22. The van der Waals surface area contributed by atoms with Gasteiger partial charge in [-0.25, -0.2) is 4.98 Å². The van der Waals surface area contributed by atoms with E-state index in [9.17, 15) is 9.59 Å². The molecule has 0 bridgehead atoms. The Hall–Kier alpha value is -3.18. The summed E-state index contributed by atoms with van der Waals surface area (Å²) in [5.74, 6) is 0.394. The Kier molecular flexibility index (Phi) is 6.76. The molecule has 28 heavy (non-hydrogen) atoms. The maximum Gasteiger partial charge on any atom is 0.226 e. The first-order chi connectivity index (χ1) is 13.6. The number of ether oxygens (including phenoxy) is 1. The highest BCUT2D eigenvalue weighted by atomic mass is 35.5. The molecule has 1 aromatic heterocycles. The van der Waals surface area contributed by atoms with E-state index in [2.05, 4.69) is 10.3 Å². The quantitative estimate of drug-likeness (QED) is 0.551. The molecule has 0 aliphatic carbocycles. The molecule has 0 atom stereocenters. The Balaban J connectivity index is 1.55. The molecule has 1 amide bonds. The Morgan fingerprint density at radius 2 is 1.68 bits per heavy atom. The molecule has 0 saturated heterocycles. The van der Waals surface area contributed by atoms with E-state index in [1.54, 1.807) is 42.6 Å². The van der Waals surface area contributed by atoms with Crippen molar-refractivity contribution in [3.63, 3.8) is 0 Å². The van der Waals surface area contributed by atoms with E-state index in [0.717, 1.165) is 5.56 Å². The summed E-state index contributed by atoms with van der Waals surface area (Å²) >= 11 is 5.82. The molecule has 0 unspecified atom stereocenters. The Bertz CT molecular complexity index is 944. The van der Waals surface area contributed by atoms with Gasteiger partial charge < -0.3 is 10.1 Å². The minimum atomic E-state index is -0.300. The first-order valence-electron chi connectivity index (χ1n) is 8.82. The van der Waals surface area contributed by atoms with Crippen LogP contribution >= 0.6 is 11.6 Å². The van der Waals surface area contributed by atoms with E-state index >= 15 is 0 Å². The summed E-state index contributed by atoms with van der Waals surface area (Å²) in [5.41, 5.74) is 1.54. The number of rotatable bonds is 8. The Morgan fingerprint density at radius 3 is 2.43 bits per heavy atom. The standard InChI is InChI=1S/C22H19ClN2O3/c23-18-10-8-17(9-11-18)19(26)12-13-21(27)25-22-20(7-4-14-24-22)28-15-16-5-2-1-3-6-16/h1-11,14H,12-13,15H2,(H,24,25,27). The summed E-state index contributed by atoms with van der Waals surface area (Å²) in [6.45, 7) is 0.366. The number of benzene rings is 2. The molecule has 2 aromatic carbocycles. The van der Waals surface area contributed by atoms with E-state index in [-0.39, 0.29) is 24.5 Å². The number of Topliss-reactive ketones (excluding diaryl/α,β-unsaturated/α-hetero) is 1. The lowest BCUT2D eigenvalue weighted by Gasteiger charge is -2.11. The zero-order valence-electron chi connectivity index (χ0n) is 15.1. The smallest absolute Gasteiger partial charge is 0.226 e. The fourth-order valence-corrected chi connectivity index (χ4v) is 2.66. The van der Waals surface area contributed by atoms with Crippen molar-refractivity contribution in [1.29, 1.82) is 0 Å². The van der Waals surface area contributed by atoms with Gasteiger partial charge in [0.2, 0.25) is 5.91 Å². The maximum atomic E-state index is 12.2. The predicted octanol–water partition coefficient (Wildman–Crippen LogP) is 4.92. The van der Waals surface area contributed by atoms with Crippen LogP contribution in [0.2, 0.25) is 5.02 Å². The van der Waals surface area contributed by atoms with Crippen molar-refractivity contribution >= 4 is 29.1 Å². The van der Waals surface area contributed by atoms with Crippen LogP contribution in [0.3, 0.4) is 0 Å². The Morgan fingerprint density at radius 1 is 0.929 bits per heavy atom. The fourth-order valence-electron chi connectivity index (χ4n) is 2.54. The molecule has 0 aliphatic rings. The van der Waals surface area contributed by atoms with Crippen LogP contribution in [0.1, 0.15) is 28.8 Å². The minimum Gasteiger partial charge on any atom is -0.485 e. The second-order valence-corrected chi connectivity index (χ2v) is 6.54. The largest absolute Gasteiger partial charge is 0.485 e. The highest BCUT2D eigenvalue weighted by molar-refractivity contribution is 6.30. The van der Waals surface area contributed by atoms with Gasteiger partial charge in [0.15, 0.2) is 17.4 Å². The number of pyridine rings is 1. The molecule has 1 N–H and O–H groups in total. The summed E-state index contributed by atoms with van der Waals surface area (Å²) in [6, 6.07) is 19.8. The number of halogens is 1. The van der Waals surface area contributed by atoms with Gasteiger partial charge in [0.25, 0.3) is 0 Å². The third-order valence-corrected chi connectivity index (χ3v) is 4.26. The number of aromatic nitrogens is 1. The van der Waals surface area contributed by atoms with Gasteiger partial charge in [-0.15, -0.1) is 0 Å². The summed E-state index contributed by atoms with van der Waals surface area (Å²) in [6.07, 6.45) is 1.72. The average molecular weight is 395 g/mol. The molecule has 0 saturated carbocycles. The number of ketones is 1. The molecule has 5 nitrogen and oxygen atoms in total. The van der Waals surface area contributed by atoms with Crippen molar-refractivity contribution < 1.29 is 14.3 Å². The van der Waals surface area contributed by atoms with Gasteiger partial charge in [-0.3, -0.25) is 9.59 Å².